The quantitative estimate of drug-likeness (QED) is 0.769. The zero-order valence-corrected chi connectivity index (χ0v) is 15.6. The number of carbonyl (C=O) groups excluding carboxylic acids is 1. The van der Waals surface area contributed by atoms with Crippen LogP contribution < -0.4 is 14.8 Å². The molecule has 0 saturated carbocycles. The summed E-state index contributed by atoms with van der Waals surface area (Å²) in [6, 6.07) is 9.10. The summed E-state index contributed by atoms with van der Waals surface area (Å²) in [5.41, 5.74) is 2.55. The van der Waals surface area contributed by atoms with Gasteiger partial charge in [0.2, 0.25) is 5.91 Å². The molecular formula is C19H19Cl2NO3. The molecule has 25 heavy (non-hydrogen) atoms. The zero-order valence-electron chi connectivity index (χ0n) is 14.1. The number of nitrogens with one attached hydrogen (secondary N) is 1. The maximum Gasteiger partial charge on any atom is 0.225 e. The van der Waals surface area contributed by atoms with E-state index in [9.17, 15) is 4.79 Å². The molecule has 2 aromatic carbocycles. The second-order valence-corrected chi connectivity index (χ2v) is 6.57. The average Bonchev–Trinajstić information content (AvgIpc) is 2.56. The molecule has 0 bridgehead atoms. The van der Waals surface area contributed by atoms with Gasteiger partial charge in [0.1, 0.15) is 0 Å². The van der Waals surface area contributed by atoms with Crippen LogP contribution in [0.25, 0.3) is 0 Å². The molecule has 132 valence electrons. The van der Waals surface area contributed by atoms with E-state index in [0.717, 1.165) is 16.8 Å². The van der Waals surface area contributed by atoms with E-state index in [-0.39, 0.29) is 11.8 Å². The highest BCUT2D eigenvalue weighted by atomic mass is 35.5. The van der Waals surface area contributed by atoms with Gasteiger partial charge in [0, 0.05) is 34.1 Å². The first kappa shape index (κ1) is 17.9. The number of ether oxygens (including phenoxy) is 2. The average molecular weight is 380 g/mol. The summed E-state index contributed by atoms with van der Waals surface area (Å²) < 4.78 is 11.4. The van der Waals surface area contributed by atoms with Crippen LogP contribution in [-0.4, -0.2) is 19.1 Å². The van der Waals surface area contributed by atoms with Gasteiger partial charge in [-0.1, -0.05) is 29.3 Å². The summed E-state index contributed by atoms with van der Waals surface area (Å²) in [5.74, 6) is 1.05. The lowest BCUT2D eigenvalue weighted by Crippen LogP contribution is -2.24. The van der Waals surface area contributed by atoms with Crippen LogP contribution in [0.3, 0.4) is 0 Å². The third-order valence-corrected chi connectivity index (χ3v) is 4.65. The molecule has 1 atom stereocenters. The van der Waals surface area contributed by atoms with Crippen molar-refractivity contribution in [1.29, 1.82) is 0 Å². The number of halogens is 2. The number of anilines is 1. The maximum atomic E-state index is 12.2. The highest BCUT2D eigenvalue weighted by molar-refractivity contribution is 6.35. The molecule has 0 unspecified atom stereocenters. The Bertz CT molecular complexity index is 807. The molecule has 6 heteroatoms. The topological polar surface area (TPSA) is 47.6 Å². The zero-order chi connectivity index (χ0) is 18.0. The predicted molar refractivity (Wildman–Crippen MR) is 100 cm³/mol. The van der Waals surface area contributed by atoms with Crippen LogP contribution in [0.15, 0.2) is 30.3 Å². The van der Waals surface area contributed by atoms with Crippen LogP contribution in [0.5, 0.6) is 11.5 Å². The minimum Gasteiger partial charge on any atom is -0.490 e. The minimum atomic E-state index is -0.164. The monoisotopic (exact) mass is 379 g/mol. The Labute approximate surface area is 157 Å². The first-order valence-electron chi connectivity index (χ1n) is 8.21. The molecule has 1 N–H and O–H groups in total. The molecule has 0 saturated heterocycles. The summed E-state index contributed by atoms with van der Waals surface area (Å²) in [6.45, 7) is 4.87. The molecule has 0 spiro atoms. The molecule has 1 heterocycles. The lowest BCUT2D eigenvalue weighted by atomic mass is 9.84. The first-order valence-corrected chi connectivity index (χ1v) is 8.97. The van der Waals surface area contributed by atoms with Crippen LogP contribution in [-0.2, 0) is 4.79 Å². The van der Waals surface area contributed by atoms with E-state index in [4.69, 9.17) is 32.7 Å². The Morgan fingerprint density at radius 1 is 1.04 bits per heavy atom. The molecule has 0 aromatic heterocycles. The van der Waals surface area contributed by atoms with Crippen molar-refractivity contribution in [3.05, 3.63) is 51.5 Å². The van der Waals surface area contributed by atoms with E-state index in [2.05, 4.69) is 5.32 Å². The smallest absolute Gasteiger partial charge is 0.225 e. The van der Waals surface area contributed by atoms with E-state index in [1.165, 1.54) is 0 Å². The van der Waals surface area contributed by atoms with Gasteiger partial charge in [-0.3, -0.25) is 4.79 Å². The fourth-order valence-corrected chi connectivity index (χ4v) is 3.61. The second kappa shape index (κ2) is 7.54. The van der Waals surface area contributed by atoms with Crippen LogP contribution in [0.4, 0.5) is 5.69 Å². The number of hydrogen-bond acceptors (Lipinski definition) is 3. The Balaban J connectivity index is 2.12. The van der Waals surface area contributed by atoms with Crippen molar-refractivity contribution in [3.63, 3.8) is 0 Å². The molecule has 1 aliphatic heterocycles. The maximum absolute atomic E-state index is 12.2. The van der Waals surface area contributed by atoms with Crippen LogP contribution in [0.1, 0.15) is 37.3 Å². The number of benzene rings is 2. The van der Waals surface area contributed by atoms with Crippen molar-refractivity contribution in [2.24, 2.45) is 0 Å². The van der Waals surface area contributed by atoms with E-state index in [1.807, 2.05) is 32.0 Å². The molecule has 0 fully saturated rings. The molecule has 1 amide bonds. The molecule has 1 aliphatic rings. The van der Waals surface area contributed by atoms with Crippen LogP contribution in [0.2, 0.25) is 10.0 Å². The fourth-order valence-electron chi connectivity index (χ4n) is 3.07. The van der Waals surface area contributed by atoms with Crippen molar-refractivity contribution in [2.75, 3.05) is 18.5 Å². The summed E-state index contributed by atoms with van der Waals surface area (Å²) in [4.78, 5) is 12.2. The van der Waals surface area contributed by atoms with Gasteiger partial charge in [0.15, 0.2) is 11.5 Å². The van der Waals surface area contributed by atoms with Gasteiger partial charge < -0.3 is 14.8 Å². The molecule has 0 aliphatic carbocycles. The summed E-state index contributed by atoms with van der Waals surface area (Å²) in [5, 5.41) is 4.03. The molecule has 2 aromatic rings. The van der Waals surface area contributed by atoms with Gasteiger partial charge in [-0.05, 0) is 43.2 Å². The standard InChI is InChI=1S/C19H19Cl2NO3/c1-3-24-17-8-14-13(12-6-5-11(20)7-15(12)21)9-19(23)22-16(14)10-18(17)25-4-2/h5-8,10,13H,3-4,9H2,1-2H3,(H,22,23)/t13-/m1/s1. The van der Waals surface area contributed by atoms with Crippen molar-refractivity contribution < 1.29 is 14.3 Å². The van der Waals surface area contributed by atoms with E-state index >= 15 is 0 Å². The summed E-state index contributed by atoms with van der Waals surface area (Å²) in [7, 11) is 0. The van der Waals surface area contributed by atoms with Crippen molar-refractivity contribution in [3.8, 4) is 11.5 Å². The Morgan fingerprint density at radius 3 is 2.36 bits per heavy atom. The van der Waals surface area contributed by atoms with Crippen LogP contribution in [0, 0.1) is 0 Å². The first-order chi connectivity index (χ1) is 12.0. The SMILES string of the molecule is CCOc1cc2c(cc1OCC)[C@@H](c1ccc(Cl)cc1Cl)CC(=O)N2. The number of fused-ring (bicyclic) bond motifs is 1. The minimum absolute atomic E-state index is 0.0601. The van der Waals surface area contributed by atoms with Crippen molar-refractivity contribution >= 4 is 34.8 Å². The lowest BCUT2D eigenvalue weighted by Gasteiger charge is -2.28. The van der Waals surface area contributed by atoms with E-state index in [0.29, 0.717) is 41.2 Å². The Morgan fingerprint density at radius 2 is 1.72 bits per heavy atom. The molecule has 4 nitrogen and oxygen atoms in total. The number of amides is 1. The second-order valence-electron chi connectivity index (χ2n) is 5.72. The number of rotatable bonds is 5. The highest BCUT2D eigenvalue weighted by Gasteiger charge is 2.30. The van der Waals surface area contributed by atoms with Gasteiger partial charge in [0.25, 0.3) is 0 Å². The fraction of sp³-hybridized carbons (Fsp3) is 0.316. The van der Waals surface area contributed by atoms with Crippen molar-refractivity contribution in [2.45, 2.75) is 26.2 Å². The normalized spacial score (nSPS) is 16.2. The largest absolute Gasteiger partial charge is 0.490 e. The van der Waals surface area contributed by atoms with Gasteiger partial charge >= 0.3 is 0 Å². The van der Waals surface area contributed by atoms with Gasteiger partial charge in [-0.15, -0.1) is 0 Å². The predicted octanol–water partition coefficient (Wildman–Crippen LogP) is 5.26. The lowest BCUT2D eigenvalue weighted by molar-refractivity contribution is -0.116. The van der Waals surface area contributed by atoms with Crippen molar-refractivity contribution in [1.82, 2.24) is 0 Å². The van der Waals surface area contributed by atoms with E-state index in [1.54, 1.807) is 12.1 Å². The van der Waals surface area contributed by atoms with Crippen LogP contribution >= 0.6 is 23.2 Å². The molecule has 3 rings (SSSR count). The number of carbonyl (C=O) groups is 1. The number of hydrogen-bond donors (Lipinski definition) is 1. The molecular weight excluding hydrogens is 361 g/mol. The highest BCUT2D eigenvalue weighted by Crippen LogP contribution is 2.45. The third kappa shape index (κ3) is 3.70. The Hall–Kier alpha value is -1.91. The van der Waals surface area contributed by atoms with Gasteiger partial charge in [0.05, 0.1) is 13.2 Å². The summed E-state index contributed by atoms with van der Waals surface area (Å²) in [6.07, 6.45) is 0.313. The third-order valence-electron chi connectivity index (χ3n) is 4.09. The van der Waals surface area contributed by atoms with Gasteiger partial charge in [-0.25, -0.2) is 0 Å². The van der Waals surface area contributed by atoms with E-state index < -0.39 is 0 Å². The summed E-state index contributed by atoms with van der Waals surface area (Å²) >= 11 is 12.4. The Kier molecular flexibility index (Phi) is 5.40. The molecule has 0 radical (unpaired) electrons. The van der Waals surface area contributed by atoms with Gasteiger partial charge in [-0.2, -0.15) is 0 Å².